The smallest absolute Gasteiger partial charge is 0.410 e. The molecule has 1 aromatic heterocycles. The number of fused-ring (bicyclic) bond motifs is 1. The molecule has 5 rings (SSSR count). The normalized spacial score (nSPS) is 12.9. The van der Waals surface area contributed by atoms with Crippen LogP contribution in [0.3, 0.4) is 0 Å². The summed E-state index contributed by atoms with van der Waals surface area (Å²) in [6.45, 7) is 7.84. The Hall–Kier alpha value is -4.93. The van der Waals surface area contributed by atoms with E-state index in [4.69, 9.17) is 18.9 Å². The molecule has 0 atom stereocenters. The fourth-order valence-corrected chi connectivity index (χ4v) is 4.94. The second kappa shape index (κ2) is 13.0. The number of hydrogen-bond donors (Lipinski definition) is 1. The van der Waals surface area contributed by atoms with E-state index in [0.717, 1.165) is 24.0 Å². The molecular formula is C34H37FN4O6. The molecule has 1 aliphatic carbocycles. The van der Waals surface area contributed by atoms with Crippen LogP contribution in [0.15, 0.2) is 54.9 Å². The summed E-state index contributed by atoms with van der Waals surface area (Å²) in [5.74, 6) is 0.0817. The van der Waals surface area contributed by atoms with Gasteiger partial charge in [0.2, 0.25) is 11.8 Å². The van der Waals surface area contributed by atoms with E-state index in [2.05, 4.69) is 15.3 Å². The number of ether oxygens (including phenoxy) is 4. The maximum atomic E-state index is 15.2. The van der Waals surface area contributed by atoms with Crippen LogP contribution in [-0.4, -0.2) is 52.7 Å². The number of anilines is 1. The first-order valence-electron chi connectivity index (χ1n) is 14.7. The molecule has 3 aromatic carbocycles. The van der Waals surface area contributed by atoms with Crippen molar-refractivity contribution < 1.29 is 32.9 Å². The highest BCUT2D eigenvalue weighted by atomic mass is 19.1. The minimum atomic E-state index is -0.646. The summed E-state index contributed by atoms with van der Waals surface area (Å²) in [5, 5.41) is 3.42. The van der Waals surface area contributed by atoms with Gasteiger partial charge in [-0.1, -0.05) is 12.1 Å². The van der Waals surface area contributed by atoms with Crippen molar-refractivity contribution in [3.05, 3.63) is 77.4 Å². The van der Waals surface area contributed by atoms with Gasteiger partial charge in [0.05, 0.1) is 31.5 Å². The van der Waals surface area contributed by atoms with E-state index in [1.54, 1.807) is 23.1 Å². The number of nitrogens with one attached hydrogen (secondary N) is 1. The van der Waals surface area contributed by atoms with Gasteiger partial charge in [-0.15, -0.1) is 0 Å². The van der Waals surface area contributed by atoms with Gasteiger partial charge in [0.15, 0.2) is 23.1 Å². The number of hydrogen-bond acceptors (Lipinski definition) is 8. The third-order valence-corrected chi connectivity index (χ3v) is 7.06. The molecular weight excluding hydrogens is 579 g/mol. The number of carbonyl (C=O) groups is 2. The monoisotopic (exact) mass is 616 g/mol. The lowest BCUT2D eigenvalue weighted by Crippen LogP contribution is -2.37. The van der Waals surface area contributed by atoms with Gasteiger partial charge in [-0.05, 0) is 87.6 Å². The van der Waals surface area contributed by atoms with Crippen molar-refractivity contribution in [1.29, 1.82) is 0 Å². The predicted octanol–water partition coefficient (Wildman–Crippen LogP) is 6.97. The van der Waals surface area contributed by atoms with E-state index >= 15 is 4.39 Å². The molecule has 1 fully saturated rings. The van der Waals surface area contributed by atoms with Crippen LogP contribution in [-0.2, 0) is 22.5 Å². The molecule has 0 radical (unpaired) electrons. The predicted molar refractivity (Wildman–Crippen MR) is 167 cm³/mol. The fourth-order valence-electron chi connectivity index (χ4n) is 4.94. The fraction of sp³-hybridized carbons (Fsp3) is 0.353. The number of rotatable bonds is 10. The molecule has 0 bridgehead atoms. The Morgan fingerprint density at radius 2 is 1.69 bits per heavy atom. The first-order chi connectivity index (χ1) is 21.4. The summed E-state index contributed by atoms with van der Waals surface area (Å²) < 4.78 is 37.3. The minimum Gasteiger partial charge on any atom is -0.493 e. The van der Waals surface area contributed by atoms with Gasteiger partial charge in [0, 0.05) is 24.3 Å². The zero-order chi connectivity index (χ0) is 32.3. The van der Waals surface area contributed by atoms with Crippen LogP contribution < -0.4 is 19.5 Å². The van der Waals surface area contributed by atoms with Crippen LogP contribution in [0.5, 0.6) is 23.1 Å². The van der Waals surface area contributed by atoms with E-state index in [1.807, 2.05) is 45.9 Å². The maximum Gasteiger partial charge on any atom is 0.410 e. The van der Waals surface area contributed by atoms with Crippen LogP contribution in [0.2, 0.25) is 0 Å². The van der Waals surface area contributed by atoms with Crippen LogP contribution in [0, 0.1) is 12.7 Å². The molecule has 0 aliphatic heterocycles. The topological polar surface area (TPSA) is 112 Å². The lowest BCUT2D eigenvalue weighted by Gasteiger charge is -2.27. The molecule has 11 heteroatoms. The third kappa shape index (κ3) is 7.97. The molecule has 0 spiro atoms. The Labute approximate surface area is 261 Å². The Bertz CT molecular complexity index is 1730. The quantitative estimate of drug-likeness (QED) is 0.203. The van der Waals surface area contributed by atoms with Crippen LogP contribution in [0.4, 0.5) is 14.9 Å². The number of carbonyl (C=O) groups excluding carboxylic acids is 2. The van der Waals surface area contributed by atoms with E-state index in [1.165, 1.54) is 32.7 Å². The Morgan fingerprint density at radius 1 is 0.956 bits per heavy atom. The summed E-state index contributed by atoms with van der Waals surface area (Å²) in [5.41, 5.74) is 2.82. The molecule has 1 heterocycles. The molecule has 0 unspecified atom stereocenters. The maximum absolute atomic E-state index is 15.2. The van der Waals surface area contributed by atoms with Gasteiger partial charge in [-0.2, -0.15) is 0 Å². The first kappa shape index (κ1) is 31.5. The van der Waals surface area contributed by atoms with Gasteiger partial charge in [-0.3, -0.25) is 4.79 Å². The summed E-state index contributed by atoms with van der Waals surface area (Å²) in [6.07, 6.45) is 2.79. The molecule has 1 aliphatic rings. The highest BCUT2D eigenvalue weighted by Gasteiger charge is 2.35. The van der Waals surface area contributed by atoms with E-state index in [0.29, 0.717) is 40.2 Å². The lowest BCUT2D eigenvalue weighted by atomic mass is 10.1. The van der Waals surface area contributed by atoms with Gasteiger partial charge in [0.1, 0.15) is 11.9 Å². The van der Waals surface area contributed by atoms with E-state index < -0.39 is 11.4 Å². The molecule has 236 valence electrons. The number of aryl methyl sites for hydroxylation is 1. The summed E-state index contributed by atoms with van der Waals surface area (Å²) in [6, 6.07) is 13.5. The Morgan fingerprint density at radius 3 is 2.36 bits per heavy atom. The number of methoxy groups -OCH3 is 2. The summed E-state index contributed by atoms with van der Waals surface area (Å²) in [4.78, 5) is 36.0. The number of nitrogens with zero attached hydrogens (tertiary/aromatic N) is 3. The highest BCUT2D eigenvalue weighted by molar-refractivity contribution is 5.92. The zero-order valence-electron chi connectivity index (χ0n) is 26.3. The van der Waals surface area contributed by atoms with Crippen molar-refractivity contribution in [2.75, 3.05) is 19.5 Å². The van der Waals surface area contributed by atoms with Crippen molar-refractivity contribution in [2.45, 2.75) is 65.1 Å². The second-order valence-corrected chi connectivity index (χ2v) is 12.0. The van der Waals surface area contributed by atoms with Crippen molar-refractivity contribution in [2.24, 2.45) is 0 Å². The van der Waals surface area contributed by atoms with Crippen molar-refractivity contribution in [3.63, 3.8) is 0 Å². The SMILES string of the molecule is COc1cc2ncnc(Oc3ccc(CC(=O)Nc4cc(C)cc(CN(C(=O)OC(C)(C)C)C5CC5)c4)cc3F)c2cc1OC. The van der Waals surface area contributed by atoms with Crippen molar-refractivity contribution in [1.82, 2.24) is 14.9 Å². The Kier molecular flexibility index (Phi) is 9.08. The molecule has 4 aromatic rings. The van der Waals surface area contributed by atoms with Crippen LogP contribution in [0.1, 0.15) is 50.3 Å². The van der Waals surface area contributed by atoms with Crippen molar-refractivity contribution >= 4 is 28.6 Å². The van der Waals surface area contributed by atoms with Gasteiger partial charge >= 0.3 is 6.09 Å². The lowest BCUT2D eigenvalue weighted by molar-refractivity contribution is -0.115. The summed E-state index contributed by atoms with van der Waals surface area (Å²) >= 11 is 0. The first-order valence-corrected chi connectivity index (χ1v) is 14.7. The third-order valence-electron chi connectivity index (χ3n) is 7.06. The molecule has 0 saturated heterocycles. The van der Waals surface area contributed by atoms with Crippen molar-refractivity contribution in [3.8, 4) is 23.1 Å². The van der Waals surface area contributed by atoms with Crippen LogP contribution >= 0.6 is 0 Å². The average Bonchev–Trinajstić information content (AvgIpc) is 3.81. The molecule has 2 amide bonds. The molecule has 1 saturated carbocycles. The summed E-state index contributed by atoms with van der Waals surface area (Å²) in [7, 11) is 3.03. The number of benzene rings is 3. The van der Waals surface area contributed by atoms with Gasteiger partial charge in [0.25, 0.3) is 0 Å². The molecule has 10 nitrogen and oxygen atoms in total. The van der Waals surface area contributed by atoms with Gasteiger partial charge in [-0.25, -0.2) is 19.2 Å². The molecule has 1 N–H and O–H groups in total. The number of aromatic nitrogens is 2. The van der Waals surface area contributed by atoms with E-state index in [-0.39, 0.29) is 36.1 Å². The minimum absolute atomic E-state index is 0.0533. The standard InChI is InChI=1S/C34H37FN4O6/c1-20-11-22(18-39(24-8-9-24)33(41)45-34(2,3)4)13-23(12-20)38-31(40)15-21-7-10-28(26(35)14-21)44-32-25-16-29(42-5)30(43-6)17-27(25)36-19-37-32/h7,10-14,16-17,19,24H,8-9,15,18H2,1-6H3,(H,38,40). The molecule has 45 heavy (non-hydrogen) atoms. The van der Waals surface area contributed by atoms with E-state index in [9.17, 15) is 9.59 Å². The number of amides is 2. The highest BCUT2D eigenvalue weighted by Crippen LogP contribution is 2.36. The largest absolute Gasteiger partial charge is 0.493 e. The second-order valence-electron chi connectivity index (χ2n) is 12.0. The Balaban J connectivity index is 1.26. The zero-order valence-corrected chi connectivity index (χ0v) is 26.3. The average molecular weight is 617 g/mol. The van der Waals surface area contributed by atoms with Gasteiger partial charge < -0.3 is 29.2 Å². The number of halogens is 1. The van der Waals surface area contributed by atoms with Crippen LogP contribution in [0.25, 0.3) is 10.9 Å².